The molecule has 0 atom stereocenters. The zero-order valence-electron chi connectivity index (χ0n) is 5.71. The van der Waals surface area contributed by atoms with Crippen LogP contribution in [0.1, 0.15) is 6.92 Å². The number of carbonyl (C=O) groups excluding carboxylic acids is 1. The van der Waals surface area contributed by atoms with Crippen LogP contribution in [0.3, 0.4) is 0 Å². The van der Waals surface area contributed by atoms with Gasteiger partial charge in [0.05, 0.1) is 6.61 Å². The lowest BCUT2D eigenvalue weighted by molar-refractivity contribution is -0.104. The standard InChI is InChI=1S/C7H9ClO2/c1-2-10-7(8)5-3-4-6-9/h3-6H,2H2,1H3/b4-3+,7-5+. The average molecular weight is 161 g/mol. The highest BCUT2D eigenvalue weighted by Crippen LogP contribution is 2.01. The molecule has 0 fully saturated rings. The molecule has 56 valence electrons. The highest BCUT2D eigenvalue weighted by Gasteiger charge is 1.83. The van der Waals surface area contributed by atoms with Crippen molar-refractivity contribution in [2.24, 2.45) is 0 Å². The molecule has 0 bridgehead atoms. The lowest BCUT2D eigenvalue weighted by Crippen LogP contribution is -1.81. The van der Waals surface area contributed by atoms with E-state index in [0.717, 1.165) is 0 Å². The fourth-order valence-corrected chi connectivity index (χ4v) is 0.544. The first-order valence-corrected chi connectivity index (χ1v) is 3.29. The molecular weight excluding hydrogens is 152 g/mol. The zero-order chi connectivity index (χ0) is 7.82. The molecule has 0 aliphatic rings. The Balaban J connectivity index is 3.67. The third kappa shape index (κ3) is 5.38. The summed E-state index contributed by atoms with van der Waals surface area (Å²) >= 11 is 5.49. The number of ether oxygens (including phenoxy) is 1. The van der Waals surface area contributed by atoms with Gasteiger partial charge in [0.25, 0.3) is 0 Å². The molecule has 0 saturated heterocycles. The summed E-state index contributed by atoms with van der Waals surface area (Å²) in [6, 6.07) is 0. The minimum absolute atomic E-state index is 0.292. The first-order chi connectivity index (χ1) is 4.81. The predicted molar refractivity (Wildman–Crippen MR) is 40.8 cm³/mol. The van der Waals surface area contributed by atoms with Crippen LogP contribution in [0.15, 0.2) is 23.4 Å². The van der Waals surface area contributed by atoms with Crippen molar-refractivity contribution in [2.45, 2.75) is 6.92 Å². The van der Waals surface area contributed by atoms with Gasteiger partial charge in [0, 0.05) is 0 Å². The minimum atomic E-state index is 0.292. The molecule has 0 N–H and O–H groups in total. The molecule has 2 nitrogen and oxygen atoms in total. The summed E-state index contributed by atoms with van der Waals surface area (Å²) in [6.45, 7) is 2.37. The van der Waals surface area contributed by atoms with E-state index in [4.69, 9.17) is 16.3 Å². The zero-order valence-corrected chi connectivity index (χ0v) is 6.47. The van der Waals surface area contributed by atoms with Crippen molar-refractivity contribution in [3.8, 4) is 0 Å². The van der Waals surface area contributed by atoms with Gasteiger partial charge in [-0.2, -0.15) is 0 Å². The highest BCUT2D eigenvalue weighted by molar-refractivity contribution is 6.28. The molecule has 3 heteroatoms. The van der Waals surface area contributed by atoms with Gasteiger partial charge in [-0.05, 0) is 30.7 Å². The smallest absolute Gasteiger partial charge is 0.186 e. The largest absolute Gasteiger partial charge is 0.483 e. The van der Waals surface area contributed by atoms with E-state index in [1.54, 1.807) is 0 Å². The first kappa shape index (κ1) is 9.24. The third-order valence-electron chi connectivity index (χ3n) is 0.699. The number of carbonyl (C=O) groups is 1. The van der Waals surface area contributed by atoms with Crippen LogP contribution in [0.4, 0.5) is 0 Å². The van der Waals surface area contributed by atoms with Gasteiger partial charge in [-0.15, -0.1) is 0 Å². The molecule has 0 unspecified atom stereocenters. The Hall–Kier alpha value is -0.760. The second-order valence-electron chi connectivity index (χ2n) is 1.42. The van der Waals surface area contributed by atoms with Crippen molar-refractivity contribution in [3.05, 3.63) is 23.4 Å². The molecular formula is C7H9ClO2. The predicted octanol–water partition coefficient (Wildman–Crippen LogP) is 1.86. The number of aldehydes is 1. The molecule has 0 radical (unpaired) electrons. The number of hydrogen-bond acceptors (Lipinski definition) is 2. The van der Waals surface area contributed by atoms with Crippen LogP contribution in [0.5, 0.6) is 0 Å². The summed E-state index contributed by atoms with van der Waals surface area (Å²) in [6.07, 6.45) is 5.04. The van der Waals surface area contributed by atoms with Crippen LogP contribution in [0.2, 0.25) is 0 Å². The Labute approximate surface area is 65.1 Å². The Kier molecular flexibility index (Phi) is 5.88. The quantitative estimate of drug-likeness (QED) is 0.272. The molecule has 0 amide bonds. The van der Waals surface area contributed by atoms with Crippen molar-refractivity contribution < 1.29 is 9.53 Å². The Bertz CT molecular complexity index is 150. The second-order valence-corrected chi connectivity index (χ2v) is 1.80. The molecule has 0 rings (SSSR count). The summed E-state index contributed by atoms with van der Waals surface area (Å²) in [7, 11) is 0. The van der Waals surface area contributed by atoms with Crippen LogP contribution in [-0.4, -0.2) is 12.9 Å². The maximum Gasteiger partial charge on any atom is 0.186 e. The lowest BCUT2D eigenvalue weighted by atomic mass is 10.5. The Morgan fingerprint density at radius 2 is 2.30 bits per heavy atom. The molecule has 0 aliphatic heterocycles. The average Bonchev–Trinajstić information content (AvgIpc) is 1.89. The van der Waals surface area contributed by atoms with E-state index in [1.807, 2.05) is 6.92 Å². The van der Waals surface area contributed by atoms with E-state index in [-0.39, 0.29) is 0 Å². The first-order valence-electron chi connectivity index (χ1n) is 2.91. The van der Waals surface area contributed by atoms with Crippen LogP contribution >= 0.6 is 11.6 Å². The monoisotopic (exact) mass is 160 g/mol. The highest BCUT2D eigenvalue weighted by atomic mass is 35.5. The summed E-state index contributed by atoms with van der Waals surface area (Å²) in [4.78, 5) is 9.74. The second kappa shape index (κ2) is 6.36. The van der Waals surface area contributed by atoms with Crippen LogP contribution in [0, 0.1) is 0 Å². The van der Waals surface area contributed by atoms with E-state index < -0.39 is 0 Å². The van der Waals surface area contributed by atoms with E-state index in [9.17, 15) is 4.79 Å². The van der Waals surface area contributed by atoms with Gasteiger partial charge in [0.15, 0.2) is 5.22 Å². The lowest BCUT2D eigenvalue weighted by Gasteiger charge is -1.95. The van der Waals surface area contributed by atoms with Gasteiger partial charge in [-0.25, -0.2) is 0 Å². The SMILES string of the molecule is CCO/C(Cl)=C/C=C/C=O. The van der Waals surface area contributed by atoms with Crippen molar-refractivity contribution in [1.82, 2.24) is 0 Å². The Morgan fingerprint density at radius 3 is 2.80 bits per heavy atom. The molecule has 0 aromatic heterocycles. The topological polar surface area (TPSA) is 26.3 Å². The molecule has 0 spiro atoms. The maximum absolute atomic E-state index is 9.74. The van der Waals surface area contributed by atoms with Crippen LogP contribution < -0.4 is 0 Å². The molecule has 0 aromatic rings. The number of rotatable bonds is 4. The van der Waals surface area contributed by atoms with Gasteiger partial charge in [0.1, 0.15) is 6.29 Å². The van der Waals surface area contributed by atoms with Gasteiger partial charge < -0.3 is 4.74 Å². The molecule has 0 saturated carbocycles. The van der Waals surface area contributed by atoms with Crippen LogP contribution in [0.25, 0.3) is 0 Å². The number of allylic oxidation sites excluding steroid dienone is 3. The fourth-order valence-electron chi connectivity index (χ4n) is 0.363. The number of hydrogen-bond donors (Lipinski definition) is 0. The minimum Gasteiger partial charge on any atom is -0.483 e. The molecule has 0 aromatic carbocycles. The molecule has 10 heavy (non-hydrogen) atoms. The van der Waals surface area contributed by atoms with E-state index in [0.29, 0.717) is 18.1 Å². The Morgan fingerprint density at radius 1 is 1.60 bits per heavy atom. The van der Waals surface area contributed by atoms with E-state index >= 15 is 0 Å². The normalized spacial score (nSPS) is 12.0. The third-order valence-corrected chi connectivity index (χ3v) is 0.934. The fraction of sp³-hybridized carbons (Fsp3) is 0.286. The van der Waals surface area contributed by atoms with Crippen molar-refractivity contribution in [3.63, 3.8) is 0 Å². The van der Waals surface area contributed by atoms with Gasteiger partial charge in [0.2, 0.25) is 0 Å². The van der Waals surface area contributed by atoms with Crippen molar-refractivity contribution in [2.75, 3.05) is 6.61 Å². The summed E-state index contributed by atoms with van der Waals surface area (Å²) in [5.74, 6) is 0. The number of halogens is 1. The van der Waals surface area contributed by atoms with E-state index in [2.05, 4.69) is 0 Å². The summed E-state index contributed by atoms with van der Waals surface area (Å²) in [5.41, 5.74) is 0. The van der Waals surface area contributed by atoms with Gasteiger partial charge >= 0.3 is 0 Å². The van der Waals surface area contributed by atoms with Gasteiger partial charge in [-0.3, -0.25) is 4.79 Å². The maximum atomic E-state index is 9.74. The van der Waals surface area contributed by atoms with Gasteiger partial charge in [-0.1, -0.05) is 6.08 Å². The summed E-state index contributed by atoms with van der Waals surface area (Å²) in [5, 5.41) is 0.292. The molecule has 0 aliphatic carbocycles. The van der Waals surface area contributed by atoms with Crippen molar-refractivity contribution >= 4 is 17.9 Å². The van der Waals surface area contributed by atoms with Crippen LogP contribution in [-0.2, 0) is 9.53 Å². The van der Waals surface area contributed by atoms with E-state index in [1.165, 1.54) is 18.2 Å². The molecule has 0 heterocycles. The van der Waals surface area contributed by atoms with Crippen molar-refractivity contribution in [1.29, 1.82) is 0 Å². The summed E-state index contributed by atoms with van der Waals surface area (Å²) < 4.78 is 4.85.